The SMILES string of the molecule is CCCCOCCOCCNC(=NCCCc1nc(C)cs1)NCC. The minimum Gasteiger partial charge on any atom is -0.379 e. The number of aryl methyl sites for hydroxylation is 2. The maximum absolute atomic E-state index is 5.55. The van der Waals surface area contributed by atoms with Gasteiger partial charge in [-0.25, -0.2) is 4.98 Å². The second kappa shape index (κ2) is 15.1. The normalized spacial score (nSPS) is 11.7. The number of thiazole rings is 1. The molecule has 1 rings (SSSR count). The Kier molecular flexibility index (Phi) is 13.2. The number of hydrogen-bond acceptors (Lipinski definition) is 5. The summed E-state index contributed by atoms with van der Waals surface area (Å²) in [6, 6.07) is 0. The fourth-order valence-corrected chi connectivity index (χ4v) is 2.91. The Morgan fingerprint density at radius 1 is 1.12 bits per heavy atom. The van der Waals surface area contributed by atoms with Gasteiger partial charge in [-0.15, -0.1) is 11.3 Å². The first kappa shape index (κ1) is 21.9. The van der Waals surface area contributed by atoms with Crippen molar-refractivity contribution in [3.8, 4) is 0 Å². The Labute approximate surface area is 156 Å². The number of nitrogens with zero attached hydrogens (tertiary/aromatic N) is 2. The third-order valence-electron chi connectivity index (χ3n) is 3.38. The van der Waals surface area contributed by atoms with E-state index in [0.717, 1.165) is 57.2 Å². The lowest BCUT2D eigenvalue weighted by Crippen LogP contribution is -2.39. The van der Waals surface area contributed by atoms with Crippen molar-refractivity contribution in [1.29, 1.82) is 0 Å². The summed E-state index contributed by atoms with van der Waals surface area (Å²) < 4.78 is 11.0. The Bertz CT molecular complexity index is 466. The molecule has 25 heavy (non-hydrogen) atoms. The molecule has 0 saturated carbocycles. The third-order valence-corrected chi connectivity index (χ3v) is 4.41. The van der Waals surface area contributed by atoms with E-state index >= 15 is 0 Å². The summed E-state index contributed by atoms with van der Waals surface area (Å²) in [5.74, 6) is 0.848. The van der Waals surface area contributed by atoms with Crippen molar-refractivity contribution in [2.45, 2.75) is 46.5 Å². The van der Waals surface area contributed by atoms with Gasteiger partial charge in [0.15, 0.2) is 5.96 Å². The lowest BCUT2D eigenvalue weighted by molar-refractivity contribution is 0.0487. The van der Waals surface area contributed by atoms with Crippen LogP contribution in [0.4, 0.5) is 0 Å². The molecule has 0 atom stereocenters. The van der Waals surface area contributed by atoms with Crippen LogP contribution in [0.2, 0.25) is 0 Å². The second-order valence-corrected chi connectivity index (χ2v) is 6.69. The highest BCUT2D eigenvalue weighted by molar-refractivity contribution is 7.09. The van der Waals surface area contributed by atoms with Crippen LogP contribution in [0.15, 0.2) is 10.4 Å². The molecular weight excluding hydrogens is 336 g/mol. The number of unbranched alkanes of at least 4 members (excludes halogenated alkanes) is 1. The van der Waals surface area contributed by atoms with Gasteiger partial charge in [-0.05, 0) is 26.7 Å². The van der Waals surface area contributed by atoms with Crippen LogP contribution in [0, 0.1) is 6.92 Å². The van der Waals surface area contributed by atoms with Crippen molar-refractivity contribution in [3.63, 3.8) is 0 Å². The fourth-order valence-electron chi connectivity index (χ4n) is 2.09. The van der Waals surface area contributed by atoms with Crippen molar-refractivity contribution in [2.24, 2.45) is 4.99 Å². The number of rotatable bonds is 14. The molecule has 0 bridgehead atoms. The van der Waals surface area contributed by atoms with Gasteiger partial charge >= 0.3 is 0 Å². The highest BCUT2D eigenvalue weighted by atomic mass is 32.1. The molecule has 1 aromatic rings. The van der Waals surface area contributed by atoms with Gasteiger partial charge in [0.05, 0.1) is 24.8 Å². The average molecular weight is 371 g/mol. The van der Waals surface area contributed by atoms with Crippen molar-refractivity contribution in [2.75, 3.05) is 46.1 Å². The molecule has 0 amide bonds. The first-order chi connectivity index (χ1) is 12.3. The summed E-state index contributed by atoms with van der Waals surface area (Å²) in [7, 11) is 0. The molecule has 0 unspecified atom stereocenters. The van der Waals surface area contributed by atoms with Crippen molar-refractivity contribution >= 4 is 17.3 Å². The van der Waals surface area contributed by atoms with Gasteiger partial charge in [-0.1, -0.05) is 13.3 Å². The Hall–Kier alpha value is -1.18. The predicted molar refractivity (Wildman–Crippen MR) is 106 cm³/mol. The van der Waals surface area contributed by atoms with Crippen LogP contribution in [0.1, 0.15) is 43.8 Å². The van der Waals surface area contributed by atoms with E-state index in [1.165, 1.54) is 11.4 Å². The van der Waals surface area contributed by atoms with E-state index < -0.39 is 0 Å². The molecule has 2 N–H and O–H groups in total. The van der Waals surface area contributed by atoms with Crippen LogP contribution >= 0.6 is 11.3 Å². The van der Waals surface area contributed by atoms with E-state index in [2.05, 4.69) is 39.8 Å². The van der Waals surface area contributed by atoms with Crippen LogP contribution in [-0.2, 0) is 15.9 Å². The summed E-state index contributed by atoms with van der Waals surface area (Å²) in [6.45, 7) is 11.4. The maximum atomic E-state index is 5.55. The summed E-state index contributed by atoms with van der Waals surface area (Å²) in [5, 5.41) is 9.84. The quantitative estimate of drug-likeness (QED) is 0.299. The van der Waals surface area contributed by atoms with Gasteiger partial charge in [0.25, 0.3) is 0 Å². The number of aliphatic imine (C=N–C) groups is 1. The van der Waals surface area contributed by atoms with Gasteiger partial charge < -0.3 is 20.1 Å². The Morgan fingerprint density at radius 3 is 2.60 bits per heavy atom. The zero-order valence-electron chi connectivity index (χ0n) is 16.0. The van der Waals surface area contributed by atoms with Crippen molar-refractivity contribution in [1.82, 2.24) is 15.6 Å². The van der Waals surface area contributed by atoms with Crippen LogP contribution in [0.3, 0.4) is 0 Å². The summed E-state index contributed by atoms with van der Waals surface area (Å²) >= 11 is 1.73. The number of ether oxygens (including phenoxy) is 2. The van der Waals surface area contributed by atoms with Gasteiger partial charge in [0, 0.05) is 43.7 Å². The highest BCUT2D eigenvalue weighted by Crippen LogP contribution is 2.10. The molecule has 0 aromatic carbocycles. The van der Waals surface area contributed by atoms with Crippen LogP contribution in [0.25, 0.3) is 0 Å². The second-order valence-electron chi connectivity index (χ2n) is 5.75. The molecule has 7 heteroatoms. The molecule has 0 radical (unpaired) electrons. The van der Waals surface area contributed by atoms with Gasteiger partial charge in [-0.3, -0.25) is 4.99 Å². The molecule has 0 aliphatic heterocycles. The molecule has 0 spiro atoms. The van der Waals surface area contributed by atoms with Gasteiger partial charge in [0.2, 0.25) is 0 Å². The number of nitrogens with one attached hydrogen (secondary N) is 2. The minimum atomic E-state index is 0.645. The Morgan fingerprint density at radius 2 is 1.92 bits per heavy atom. The minimum absolute atomic E-state index is 0.645. The fraction of sp³-hybridized carbons (Fsp3) is 0.778. The summed E-state index contributed by atoms with van der Waals surface area (Å²) in [6.07, 6.45) is 4.28. The Balaban J connectivity index is 2.07. The van der Waals surface area contributed by atoms with Crippen LogP contribution in [0.5, 0.6) is 0 Å². The van der Waals surface area contributed by atoms with E-state index in [-0.39, 0.29) is 0 Å². The molecule has 0 fully saturated rings. The molecule has 0 aliphatic carbocycles. The number of aromatic nitrogens is 1. The van der Waals surface area contributed by atoms with Crippen molar-refractivity contribution < 1.29 is 9.47 Å². The molecule has 0 saturated heterocycles. The van der Waals surface area contributed by atoms with E-state index in [1.807, 2.05) is 6.92 Å². The number of guanidine groups is 1. The molecule has 0 aliphatic rings. The largest absolute Gasteiger partial charge is 0.379 e. The summed E-state index contributed by atoms with van der Waals surface area (Å²) in [5.41, 5.74) is 1.11. The lowest BCUT2D eigenvalue weighted by atomic mass is 10.3. The summed E-state index contributed by atoms with van der Waals surface area (Å²) in [4.78, 5) is 9.07. The number of hydrogen-bond donors (Lipinski definition) is 2. The van der Waals surface area contributed by atoms with E-state index in [0.29, 0.717) is 19.8 Å². The standard InChI is InChI=1S/C18H34N4O2S/c1-4-6-11-23-13-14-24-12-10-21-18(19-5-2)20-9-7-8-17-22-16(3)15-25-17/h15H,4-14H2,1-3H3,(H2,19,20,21). The topological polar surface area (TPSA) is 67.8 Å². The first-order valence-electron chi connectivity index (χ1n) is 9.35. The average Bonchev–Trinajstić information content (AvgIpc) is 3.02. The molecule has 6 nitrogen and oxygen atoms in total. The van der Waals surface area contributed by atoms with E-state index in [1.54, 1.807) is 11.3 Å². The van der Waals surface area contributed by atoms with Crippen LogP contribution in [-0.4, -0.2) is 57.0 Å². The lowest BCUT2D eigenvalue weighted by Gasteiger charge is -2.11. The zero-order chi connectivity index (χ0) is 18.2. The zero-order valence-corrected chi connectivity index (χ0v) is 16.8. The van der Waals surface area contributed by atoms with E-state index in [9.17, 15) is 0 Å². The molecule has 144 valence electrons. The van der Waals surface area contributed by atoms with Crippen LogP contribution < -0.4 is 10.6 Å². The molecular formula is C18H34N4O2S. The van der Waals surface area contributed by atoms with Gasteiger partial charge in [-0.2, -0.15) is 0 Å². The van der Waals surface area contributed by atoms with Crippen molar-refractivity contribution in [3.05, 3.63) is 16.1 Å². The monoisotopic (exact) mass is 370 g/mol. The van der Waals surface area contributed by atoms with Gasteiger partial charge in [0.1, 0.15) is 0 Å². The first-order valence-corrected chi connectivity index (χ1v) is 10.2. The smallest absolute Gasteiger partial charge is 0.191 e. The predicted octanol–water partition coefficient (Wildman–Crippen LogP) is 2.77. The maximum Gasteiger partial charge on any atom is 0.191 e. The highest BCUT2D eigenvalue weighted by Gasteiger charge is 2.00. The molecule has 1 heterocycles. The van der Waals surface area contributed by atoms with E-state index in [4.69, 9.17) is 9.47 Å². The third kappa shape index (κ3) is 11.9. The molecule has 1 aromatic heterocycles.